The van der Waals surface area contributed by atoms with Gasteiger partial charge in [0, 0.05) is 12.0 Å². The summed E-state index contributed by atoms with van der Waals surface area (Å²) in [6.45, 7) is 4.47. The minimum Gasteiger partial charge on any atom is -0.353 e. The van der Waals surface area contributed by atoms with Gasteiger partial charge in [-0.15, -0.1) is 12.4 Å². The molecule has 1 amide bonds. The highest BCUT2D eigenvalue weighted by atomic mass is 35.5. The number of halogens is 1. The van der Waals surface area contributed by atoms with E-state index in [-0.39, 0.29) is 12.4 Å². The van der Waals surface area contributed by atoms with Crippen molar-refractivity contribution in [3.05, 3.63) is 0 Å². The zero-order valence-electron chi connectivity index (χ0n) is 11.2. The van der Waals surface area contributed by atoms with Crippen LogP contribution >= 0.6 is 12.4 Å². The van der Waals surface area contributed by atoms with Gasteiger partial charge in [0.15, 0.2) is 0 Å². The average Bonchev–Trinajstić information content (AvgIpc) is 2.87. The Morgan fingerprint density at radius 2 is 2.00 bits per heavy atom. The lowest BCUT2D eigenvalue weighted by Gasteiger charge is -2.24. The number of hydrogen-bond acceptors (Lipinski definition) is 2. The third kappa shape index (κ3) is 2.53. The van der Waals surface area contributed by atoms with Crippen LogP contribution in [0.3, 0.4) is 0 Å². The first-order chi connectivity index (χ1) is 8.21. The van der Waals surface area contributed by atoms with E-state index in [1.54, 1.807) is 0 Å². The second kappa shape index (κ2) is 5.38. The van der Waals surface area contributed by atoms with E-state index in [4.69, 9.17) is 0 Å². The molecule has 1 spiro atoms. The van der Waals surface area contributed by atoms with Gasteiger partial charge in [0.2, 0.25) is 5.91 Å². The lowest BCUT2D eigenvalue weighted by Crippen LogP contribution is -2.39. The molecule has 2 aliphatic carbocycles. The third-order valence-electron chi connectivity index (χ3n) is 5.29. The van der Waals surface area contributed by atoms with Crippen molar-refractivity contribution in [3.63, 3.8) is 0 Å². The highest BCUT2D eigenvalue weighted by molar-refractivity contribution is 5.85. The number of hydrogen-bond donors (Lipinski definition) is 2. The maximum atomic E-state index is 12.2. The summed E-state index contributed by atoms with van der Waals surface area (Å²) in [6.07, 6.45) is 7.29. The second-order valence-corrected chi connectivity index (χ2v) is 6.39. The lowest BCUT2D eigenvalue weighted by atomic mass is 9.91. The Bertz CT molecular complexity index is 315. The van der Waals surface area contributed by atoms with Gasteiger partial charge >= 0.3 is 0 Å². The van der Waals surface area contributed by atoms with E-state index in [1.165, 1.54) is 32.1 Å². The fourth-order valence-corrected chi connectivity index (χ4v) is 3.84. The molecule has 2 N–H and O–H groups in total. The molecule has 3 fully saturated rings. The molecule has 0 bridgehead atoms. The number of carbonyl (C=O) groups excluding carboxylic acids is 1. The van der Waals surface area contributed by atoms with Crippen molar-refractivity contribution in [1.29, 1.82) is 0 Å². The summed E-state index contributed by atoms with van der Waals surface area (Å²) in [4.78, 5) is 12.2. The Morgan fingerprint density at radius 1 is 1.28 bits per heavy atom. The molecule has 3 nitrogen and oxygen atoms in total. The van der Waals surface area contributed by atoms with Crippen LogP contribution in [0.15, 0.2) is 0 Å². The van der Waals surface area contributed by atoms with Crippen LogP contribution < -0.4 is 10.6 Å². The van der Waals surface area contributed by atoms with E-state index in [1.807, 2.05) is 0 Å². The predicted molar refractivity (Wildman–Crippen MR) is 74.8 cm³/mol. The van der Waals surface area contributed by atoms with Crippen molar-refractivity contribution in [2.24, 2.45) is 17.3 Å². The largest absolute Gasteiger partial charge is 0.353 e. The van der Waals surface area contributed by atoms with Crippen LogP contribution in [0.2, 0.25) is 0 Å². The van der Waals surface area contributed by atoms with E-state index >= 15 is 0 Å². The molecule has 0 aromatic rings. The zero-order chi connectivity index (χ0) is 11.9. The van der Waals surface area contributed by atoms with Gasteiger partial charge in [0.25, 0.3) is 0 Å². The van der Waals surface area contributed by atoms with Crippen LogP contribution in [0.5, 0.6) is 0 Å². The van der Waals surface area contributed by atoms with Gasteiger partial charge in [0.05, 0.1) is 0 Å². The van der Waals surface area contributed by atoms with Gasteiger partial charge in [-0.2, -0.15) is 0 Å². The van der Waals surface area contributed by atoms with Gasteiger partial charge in [-0.3, -0.25) is 4.79 Å². The predicted octanol–water partition coefficient (Wildman–Crippen LogP) is 2.10. The maximum absolute atomic E-state index is 12.2. The molecule has 0 aromatic carbocycles. The Hall–Kier alpha value is -0.280. The summed E-state index contributed by atoms with van der Waals surface area (Å²) in [7, 11) is 0. The number of piperidine rings is 1. The molecule has 18 heavy (non-hydrogen) atoms. The van der Waals surface area contributed by atoms with Crippen molar-refractivity contribution in [3.8, 4) is 0 Å². The van der Waals surface area contributed by atoms with Crippen molar-refractivity contribution in [1.82, 2.24) is 10.6 Å². The molecule has 3 atom stereocenters. The van der Waals surface area contributed by atoms with Crippen LogP contribution in [0, 0.1) is 17.3 Å². The molecular formula is C14H25ClN2O. The zero-order valence-corrected chi connectivity index (χ0v) is 12.0. The monoisotopic (exact) mass is 272 g/mol. The molecule has 104 valence electrons. The smallest absolute Gasteiger partial charge is 0.223 e. The molecule has 0 radical (unpaired) electrons. The first-order valence-corrected chi connectivity index (χ1v) is 7.22. The van der Waals surface area contributed by atoms with Gasteiger partial charge < -0.3 is 10.6 Å². The molecule has 2 saturated carbocycles. The molecule has 1 aliphatic heterocycles. The molecule has 4 heteroatoms. The van der Waals surface area contributed by atoms with Gasteiger partial charge in [-0.1, -0.05) is 13.3 Å². The van der Waals surface area contributed by atoms with Crippen LogP contribution in [0.4, 0.5) is 0 Å². The molecule has 3 rings (SSSR count). The van der Waals surface area contributed by atoms with Gasteiger partial charge in [-0.25, -0.2) is 0 Å². The van der Waals surface area contributed by atoms with Crippen molar-refractivity contribution in [2.45, 2.75) is 51.5 Å². The van der Waals surface area contributed by atoms with Gasteiger partial charge in [-0.05, 0) is 56.5 Å². The third-order valence-corrected chi connectivity index (χ3v) is 5.29. The minimum atomic E-state index is 0. The van der Waals surface area contributed by atoms with Crippen LogP contribution in [0.1, 0.15) is 45.4 Å². The van der Waals surface area contributed by atoms with Crippen molar-refractivity contribution < 1.29 is 4.79 Å². The molecular weight excluding hydrogens is 248 g/mol. The van der Waals surface area contributed by atoms with Gasteiger partial charge in [0.1, 0.15) is 0 Å². The quantitative estimate of drug-likeness (QED) is 0.808. The lowest BCUT2D eigenvalue weighted by molar-refractivity contribution is -0.124. The normalized spacial score (nSPS) is 37.1. The Morgan fingerprint density at radius 3 is 2.61 bits per heavy atom. The van der Waals surface area contributed by atoms with Crippen LogP contribution in [-0.2, 0) is 4.79 Å². The maximum Gasteiger partial charge on any atom is 0.223 e. The van der Waals surface area contributed by atoms with Crippen molar-refractivity contribution in [2.75, 3.05) is 13.1 Å². The topological polar surface area (TPSA) is 41.1 Å². The van der Waals surface area contributed by atoms with E-state index in [0.717, 1.165) is 19.5 Å². The van der Waals surface area contributed by atoms with E-state index in [0.29, 0.717) is 29.2 Å². The minimum absolute atomic E-state index is 0. The molecule has 1 saturated heterocycles. The first-order valence-electron chi connectivity index (χ1n) is 7.22. The summed E-state index contributed by atoms with van der Waals surface area (Å²) in [6, 6.07) is 0.460. The second-order valence-electron chi connectivity index (χ2n) is 6.39. The molecule has 0 aromatic heterocycles. The SMILES string of the molecule is CC1CCCC1NC(=O)C1CC12CCNCC2.Cl. The fraction of sp³-hybridized carbons (Fsp3) is 0.929. The number of rotatable bonds is 2. The number of nitrogens with one attached hydrogen (secondary N) is 2. The highest BCUT2D eigenvalue weighted by Crippen LogP contribution is 2.58. The standard InChI is InChI=1S/C14H24N2O.ClH/c1-10-3-2-4-12(10)16-13(17)11-9-14(11)5-7-15-8-6-14;/h10-12,15H,2-9H2,1H3,(H,16,17);1H. The van der Waals surface area contributed by atoms with E-state index < -0.39 is 0 Å². The summed E-state index contributed by atoms with van der Waals surface area (Å²) >= 11 is 0. The van der Waals surface area contributed by atoms with Crippen molar-refractivity contribution >= 4 is 18.3 Å². The van der Waals surface area contributed by atoms with E-state index in [2.05, 4.69) is 17.6 Å². The average molecular weight is 273 g/mol. The number of amides is 1. The highest BCUT2D eigenvalue weighted by Gasteiger charge is 2.57. The summed E-state index contributed by atoms with van der Waals surface area (Å²) in [5.74, 6) is 1.37. The Labute approximate surface area is 116 Å². The Kier molecular flexibility index (Phi) is 4.22. The van der Waals surface area contributed by atoms with Crippen LogP contribution in [0.25, 0.3) is 0 Å². The molecule has 3 unspecified atom stereocenters. The summed E-state index contributed by atoms with van der Waals surface area (Å²) in [5, 5.41) is 6.69. The Balaban J connectivity index is 0.00000120. The first kappa shape index (κ1) is 14.1. The molecule has 1 heterocycles. The summed E-state index contributed by atoms with van der Waals surface area (Å²) in [5.41, 5.74) is 0.386. The molecule has 3 aliphatic rings. The fourth-order valence-electron chi connectivity index (χ4n) is 3.84. The van der Waals surface area contributed by atoms with Crippen LogP contribution in [-0.4, -0.2) is 25.0 Å². The van der Waals surface area contributed by atoms with E-state index in [9.17, 15) is 4.79 Å². The number of carbonyl (C=O) groups is 1. The summed E-state index contributed by atoms with van der Waals surface area (Å²) < 4.78 is 0.